The molecule has 0 spiro atoms. The van der Waals surface area contributed by atoms with Gasteiger partial charge < -0.3 is 18.9 Å². The molecule has 0 rings (SSSR count). The van der Waals surface area contributed by atoms with Crippen LogP contribution >= 0.6 is 7.82 Å². The van der Waals surface area contributed by atoms with Crippen molar-refractivity contribution in [2.24, 2.45) is 0 Å². The van der Waals surface area contributed by atoms with E-state index in [4.69, 9.17) is 18.5 Å². The number of esters is 2. The zero-order chi connectivity index (χ0) is 72.5. The molecule has 0 aliphatic carbocycles. The van der Waals surface area contributed by atoms with Crippen molar-refractivity contribution < 1.29 is 42.1 Å². The monoisotopic (exact) mass is 1420 g/mol. The summed E-state index contributed by atoms with van der Waals surface area (Å²) in [4.78, 5) is 36.0. The van der Waals surface area contributed by atoms with Gasteiger partial charge in [-0.05, 0) is 103 Å². The lowest BCUT2D eigenvalue weighted by molar-refractivity contribution is -0.870. The Kier molecular flexibility index (Phi) is 77.1. The van der Waals surface area contributed by atoms with Gasteiger partial charge in [0.05, 0.1) is 27.7 Å². The van der Waals surface area contributed by atoms with E-state index in [1.54, 1.807) is 0 Å². The first kappa shape index (κ1) is 96.7. The summed E-state index contributed by atoms with van der Waals surface area (Å²) >= 11 is 0. The summed E-state index contributed by atoms with van der Waals surface area (Å²) in [5, 5.41) is 0. The van der Waals surface area contributed by atoms with Crippen molar-refractivity contribution in [1.29, 1.82) is 0 Å². The van der Waals surface area contributed by atoms with Crippen LogP contribution in [0.4, 0.5) is 0 Å². The molecular weight excluding hydrogens is 1250 g/mol. The number of nitrogens with zero attached hydrogens (tertiary/aromatic N) is 1. The third-order valence-electron chi connectivity index (χ3n) is 18.8. The van der Waals surface area contributed by atoms with Crippen molar-refractivity contribution in [3.8, 4) is 0 Å². The Balaban J connectivity index is 3.91. The molecule has 0 saturated heterocycles. The SMILES string of the molecule is CC/C=C\C/C=C\C/C=C\C/C=C\C/C=C\C/C=C\C/C=C\CCCCCCCCCCCCCCCC(=O)OC(COC(=O)CCCCCCCCCCCCCCCCCCCCCCCCCCCCCCC/C=C\C/C=C\CCCCCCC)COP(=O)(O)OCC[N+](C)(C)C. The van der Waals surface area contributed by atoms with Crippen LogP contribution in [0, 0.1) is 0 Å². The van der Waals surface area contributed by atoms with Crippen molar-refractivity contribution in [2.45, 2.75) is 405 Å². The van der Waals surface area contributed by atoms with Crippen LogP contribution < -0.4 is 0 Å². The molecule has 0 heterocycles. The first-order valence-electron chi connectivity index (χ1n) is 42.6. The molecule has 2 unspecified atom stereocenters. The first-order chi connectivity index (χ1) is 49.0. The van der Waals surface area contributed by atoms with E-state index >= 15 is 0 Å². The Labute approximate surface area is 620 Å². The minimum Gasteiger partial charge on any atom is -0.462 e. The molecule has 0 fully saturated rings. The van der Waals surface area contributed by atoms with Crippen LogP contribution in [-0.2, 0) is 32.7 Å². The van der Waals surface area contributed by atoms with E-state index in [1.807, 2.05) is 21.1 Å². The zero-order valence-corrected chi connectivity index (χ0v) is 67.3. The van der Waals surface area contributed by atoms with E-state index in [9.17, 15) is 19.0 Å². The van der Waals surface area contributed by atoms with Crippen molar-refractivity contribution in [2.75, 3.05) is 47.5 Å². The fraction of sp³-hybridized carbons (Fsp3) is 0.778. The summed E-state index contributed by atoms with van der Waals surface area (Å²) < 4.78 is 34.9. The van der Waals surface area contributed by atoms with E-state index in [2.05, 4.69) is 123 Å². The molecule has 0 bridgehead atoms. The number of ether oxygens (including phenoxy) is 2. The summed E-state index contributed by atoms with van der Waals surface area (Å²) in [6.07, 6.45) is 114. The lowest BCUT2D eigenvalue weighted by Gasteiger charge is -2.24. The lowest BCUT2D eigenvalue weighted by atomic mass is 10.0. The molecule has 100 heavy (non-hydrogen) atoms. The average molecular weight is 1420 g/mol. The third kappa shape index (κ3) is 83.6. The summed E-state index contributed by atoms with van der Waals surface area (Å²) in [6, 6.07) is 0. The maximum Gasteiger partial charge on any atom is 0.472 e. The van der Waals surface area contributed by atoms with Crippen LogP contribution in [-0.4, -0.2) is 74.9 Å². The highest BCUT2D eigenvalue weighted by molar-refractivity contribution is 7.47. The highest BCUT2D eigenvalue weighted by atomic mass is 31.2. The minimum absolute atomic E-state index is 0.0300. The Morgan fingerprint density at radius 2 is 0.570 bits per heavy atom. The number of allylic oxidation sites excluding steroid dienone is 18. The molecule has 0 aliphatic rings. The number of hydrogen-bond acceptors (Lipinski definition) is 7. The third-order valence-corrected chi connectivity index (χ3v) is 19.8. The molecular formula is C90H163NO8P+. The normalized spacial score (nSPS) is 13.5. The molecule has 0 aromatic carbocycles. The van der Waals surface area contributed by atoms with Gasteiger partial charge in [0.25, 0.3) is 0 Å². The smallest absolute Gasteiger partial charge is 0.462 e. The van der Waals surface area contributed by atoms with Gasteiger partial charge in [-0.15, -0.1) is 0 Å². The van der Waals surface area contributed by atoms with Gasteiger partial charge in [-0.2, -0.15) is 0 Å². The van der Waals surface area contributed by atoms with Gasteiger partial charge >= 0.3 is 19.8 Å². The van der Waals surface area contributed by atoms with Gasteiger partial charge in [-0.3, -0.25) is 18.6 Å². The fourth-order valence-corrected chi connectivity index (χ4v) is 13.1. The predicted octanol–water partition coefficient (Wildman–Crippen LogP) is 28.7. The number of unbranched alkanes of at least 4 members (excludes halogenated alkanes) is 47. The van der Waals surface area contributed by atoms with E-state index < -0.39 is 26.5 Å². The maximum absolute atomic E-state index is 12.9. The molecule has 10 heteroatoms. The van der Waals surface area contributed by atoms with Crippen LogP contribution in [0.5, 0.6) is 0 Å². The Morgan fingerprint density at radius 3 is 0.850 bits per heavy atom. The Morgan fingerprint density at radius 1 is 0.320 bits per heavy atom. The van der Waals surface area contributed by atoms with Crippen molar-refractivity contribution in [1.82, 2.24) is 0 Å². The van der Waals surface area contributed by atoms with Gasteiger partial charge in [-0.1, -0.05) is 393 Å². The van der Waals surface area contributed by atoms with Crippen molar-refractivity contribution >= 4 is 19.8 Å². The largest absolute Gasteiger partial charge is 0.472 e. The molecule has 1 N–H and O–H groups in total. The van der Waals surface area contributed by atoms with Gasteiger partial charge in [0, 0.05) is 12.8 Å². The highest BCUT2D eigenvalue weighted by Crippen LogP contribution is 2.43. The fourth-order valence-electron chi connectivity index (χ4n) is 12.3. The van der Waals surface area contributed by atoms with Gasteiger partial charge in [0.15, 0.2) is 6.10 Å². The number of likely N-dealkylation sites (N-methyl/N-ethyl adjacent to an activating group) is 1. The van der Waals surface area contributed by atoms with Crippen molar-refractivity contribution in [3.63, 3.8) is 0 Å². The molecule has 0 radical (unpaired) electrons. The molecule has 0 aliphatic heterocycles. The van der Waals surface area contributed by atoms with E-state index in [0.717, 1.165) is 89.9 Å². The summed E-state index contributed by atoms with van der Waals surface area (Å²) in [6.45, 7) is 4.36. The number of carbonyl (C=O) groups is 2. The zero-order valence-electron chi connectivity index (χ0n) is 66.4. The summed E-state index contributed by atoms with van der Waals surface area (Å²) in [5.74, 6) is -0.784. The van der Waals surface area contributed by atoms with Crippen LogP contribution in [0.25, 0.3) is 0 Å². The summed E-state index contributed by atoms with van der Waals surface area (Å²) in [7, 11) is 1.49. The Bertz CT molecular complexity index is 2060. The van der Waals surface area contributed by atoms with Gasteiger partial charge in [-0.25, -0.2) is 4.57 Å². The minimum atomic E-state index is -4.40. The molecule has 0 amide bonds. The van der Waals surface area contributed by atoms with E-state index in [1.165, 1.54) is 276 Å². The highest BCUT2D eigenvalue weighted by Gasteiger charge is 2.27. The van der Waals surface area contributed by atoms with Crippen LogP contribution in [0.1, 0.15) is 399 Å². The van der Waals surface area contributed by atoms with Gasteiger partial charge in [0.1, 0.15) is 19.8 Å². The number of phosphoric acid groups is 1. The second-order valence-electron chi connectivity index (χ2n) is 29.8. The van der Waals surface area contributed by atoms with Crippen LogP contribution in [0.2, 0.25) is 0 Å². The number of carbonyl (C=O) groups excluding carboxylic acids is 2. The second kappa shape index (κ2) is 79.8. The molecule has 0 aromatic heterocycles. The standard InChI is InChI=1S/C90H162NO8P/c1-6-8-10-12-14-16-18-20-22-24-26-28-30-32-34-36-38-40-42-43-44-45-46-47-49-50-52-54-56-58-60-62-64-66-68-70-72-74-76-78-80-82-89(92)96-86-88(87-98-100(94,95)97-85-84-91(3,4)5)99-90(93)83-81-79-77-75-73-71-69-67-65-63-61-59-57-55-53-51-48-41-39-37-35-33-31-29-27-25-23-21-19-17-15-13-11-9-7-2/h9,11,15,17-18,20-21,23-24,26-27,29,33,35,39,41,51,53,88H,6-8,10,12-14,16,19,22,25,28,30-32,34,36-38,40,42-50,52,54-87H2,1-5H3/p+1/b11-9-,17-15-,20-18-,23-21-,26-24-,29-27-,35-33-,41-39-,53-51-. The number of rotatable bonds is 79. The quantitative estimate of drug-likeness (QED) is 0.0211. The molecule has 2 atom stereocenters. The van der Waals surface area contributed by atoms with Gasteiger partial charge in [0.2, 0.25) is 0 Å². The van der Waals surface area contributed by atoms with Crippen LogP contribution in [0.15, 0.2) is 109 Å². The van der Waals surface area contributed by atoms with E-state index in [0.29, 0.717) is 23.9 Å². The predicted molar refractivity (Wildman–Crippen MR) is 436 cm³/mol. The second-order valence-corrected chi connectivity index (χ2v) is 31.3. The number of hydrogen-bond donors (Lipinski definition) is 1. The number of phosphoric ester groups is 1. The average Bonchev–Trinajstić information content (AvgIpc) is 1.65. The van der Waals surface area contributed by atoms with E-state index in [-0.39, 0.29) is 25.6 Å². The maximum atomic E-state index is 12.9. The molecule has 580 valence electrons. The van der Waals surface area contributed by atoms with Crippen molar-refractivity contribution in [3.05, 3.63) is 109 Å². The molecule has 0 aromatic rings. The van der Waals surface area contributed by atoms with Crippen LogP contribution in [0.3, 0.4) is 0 Å². The Hall–Kier alpha value is -3.33. The summed E-state index contributed by atoms with van der Waals surface area (Å²) in [5.41, 5.74) is 0. The topological polar surface area (TPSA) is 108 Å². The number of quaternary nitrogens is 1. The molecule has 0 saturated carbocycles. The lowest BCUT2D eigenvalue weighted by Crippen LogP contribution is -2.37. The molecule has 9 nitrogen and oxygen atoms in total. The first-order valence-corrected chi connectivity index (χ1v) is 44.1.